The van der Waals surface area contributed by atoms with Gasteiger partial charge in [0.25, 0.3) is 0 Å². The second-order valence-electron chi connectivity index (χ2n) is 4.41. The third-order valence-corrected chi connectivity index (χ3v) is 3.45. The molecule has 0 spiro atoms. The minimum atomic E-state index is -0.333. The number of anilines is 2. The highest BCUT2D eigenvalue weighted by molar-refractivity contribution is 9.10. The maximum atomic E-state index is 13.1. The fourth-order valence-corrected chi connectivity index (χ4v) is 1.95. The van der Waals surface area contributed by atoms with Gasteiger partial charge < -0.3 is 15.1 Å². The molecule has 0 bridgehead atoms. The van der Waals surface area contributed by atoms with Gasteiger partial charge in [-0.05, 0) is 47.0 Å². The molecule has 19 heavy (non-hydrogen) atoms. The molecule has 5 nitrogen and oxygen atoms in total. The Hall–Kier alpha value is -1.47. The predicted molar refractivity (Wildman–Crippen MR) is 71.5 cm³/mol. The third kappa shape index (κ3) is 3.30. The summed E-state index contributed by atoms with van der Waals surface area (Å²) in [6.45, 7) is 0.559. The van der Waals surface area contributed by atoms with Gasteiger partial charge >= 0.3 is 6.01 Å². The highest BCUT2D eigenvalue weighted by atomic mass is 79.9. The zero-order valence-corrected chi connectivity index (χ0v) is 11.6. The number of rotatable bonds is 5. The number of nitrogens with zero attached hydrogens (tertiary/aromatic N) is 2. The summed E-state index contributed by atoms with van der Waals surface area (Å²) in [5.41, 5.74) is 0.547. The van der Waals surface area contributed by atoms with Crippen LogP contribution in [0.25, 0.3) is 0 Å². The Kier molecular flexibility index (Phi) is 3.48. The number of nitrogens with one attached hydrogen (secondary N) is 2. The van der Waals surface area contributed by atoms with Gasteiger partial charge in [0.1, 0.15) is 5.82 Å². The van der Waals surface area contributed by atoms with Crippen molar-refractivity contribution in [3.05, 3.63) is 34.4 Å². The quantitative estimate of drug-likeness (QED) is 0.884. The first-order valence-electron chi connectivity index (χ1n) is 5.98. The first-order chi connectivity index (χ1) is 9.20. The lowest BCUT2D eigenvalue weighted by atomic mass is 10.3. The fourth-order valence-electron chi connectivity index (χ4n) is 1.60. The van der Waals surface area contributed by atoms with Gasteiger partial charge in [0.2, 0.25) is 5.89 Å². The van der Waals surface area contributed by atoms with Crippen molar-refractivity contribution in [2.24, 2.45) is 0 Å². The summed E-state index contributed by atoms with van der Waals surface area (Å²) in [5, 5.41) is 13.9. The Bertz CT molecular complexity index is 585. The van der Waals surface area contributed by atoms with Gasteiger partial charge in [-0.3, -0.25) is 0 Å². The second-order valence-corrected chi connectivity index (χ2v) is 5.26. The van der Waals surface area contributed by atoms with Gasteiger partial charge in [-0.1, -0.05) is 5.10 Å². The molecule has 1 aliphatic carbocycles. The summed E-state index contributed by atoms with van der Waals surface area (Å²) < 4.78 is 19.3. The van der Waals surface area contributed by atoms with Gasteiger partial charge in [-0.2, -0.15) is 0 Å². The van der Waals surface area contributed by atoms with Crippen molar-refractivity contribution < 1.29 is 8.81 Å². The minimum Gasteiger partial charge on any atom is -0.406 e. The van der Waals surface area contributed by atoms with Crippen molar-refractivity contribution in [1.29, 1.82) is 0 Å². The lowest BCUT2D eigenvalue weighted by molar-refractivity contribution is 0.478. The largest absolute Gasteiger partial charge is 0.406 e. The summed E-state index contributed by atoms with van der Waals surface area (Å²) in [6.07, 6.45) is 2.41. The van der Waals surface area contributed by atoms with E-state index in [9.17, 15) is 4.39 Å². The number of hydrogen-bond acceptors (Lipinski definition) is 5. The van der Waals surface area contributed by atoms with Crippen molar-refractivity contribution >= 4 is 27.6 Å². The van der Waals surface area contributed by atoms with Crippen LogP contribution in [0.1, 0.15) is 18.7 Å². The highest BCUT2D eigenvalue weighted by Crippen LogP contribution is 2.26. The maximum Gasteiger partial charge on any atom is 0.320 e. The Balaban J connectivity index is 1.66. The molecule has 7 heteroatoms. The van der Waals surface area contributed by atoms with E-state index < -0.39 is 0 Å². The van der Waals surface area contributed by atoms with Crippen molar-refractivity contribution in [3.8, 4) is 0 Å². The molecule has 1 saturated carbocycles. The van der Waals surface area contributed by atoms with E-state index in [1.54, 1.807) is 6.07 Å². The Labute approximate surface area is 117 Å². The summed E-state index contributed by atoms with van der Waals surface area (Å²) in [6, 6.07) is 5.17. The van der Waals surface area contributed by atoms with Gasteiger partial charge in [0, 0.05) is 10.5 Å². The fraction of sp³-hybridized carbons (Fsp3) is 0.333. The molecule has 3 rings (SSSR count). The Morgan fingerprint density at radius 3 is 3.00 bits per heavy atom. The van der Waals surface area contributed by atoms with Crippen LogP contribution in [0.15, 0.2) is 27.1 Å². The van der Waals surface area contributed by atoms with Crippen LogP contribution in [0, 0.1) is 5.82 Å². The number of halogens is 2. The molecule has 2 N–H and O–H groups in total. The van der Waals surface area contributed by atoms with E-state index in [2.05, 4.69) is 36.8 Å². The molecule has 0 saturated heterocycles. The maximum absolute atomic E-state index is 13.1. The molecule has 0 unspecified atom stereocenters. The lowest BCUT2D eigenvalue weighted by Gasteiger charge is -2.03. The van der Waals surface area contributed by atoms with E-state index in [0.29, 0.717) is 24.2 Å². The molecule has 1 heterocycles. The molecule has 2 aromatic rings. The molecule has 0 aliphatic heterocycles. The monoisotopic (exact) mass is 326 g/mol. The molecule has 1 aromatic heterocycles. The van der Waals surface area contributed by atoms with Crippen LogP contribution in [0.5, 0.6) is 0 Å². The standard InChI is InChI=1S/C12H12BrFN4O/c13-9-4-1-7(14)5-10(9)16-12-18-17-11(19-12)6-15-8-2-3-8/h1,4-5,8,15H,2-3,6H2,(H,16,18). The molecular formula is C12H12BrFN4O. The number of hydrogen-bond donors (Lipinski definition) is 2. The Morgan fingerprint density at radius 2 is 2.21 bits per heavy atom. The highest BCUT2D eigenvalue weighted by Gasteiger charge is 2.21. The van der Waals surface area contributed by atoms with Crippen LogP contribution in [0.4, 0.5) is 16.1 Å². The molecule has 0 amide bonds. The minimum absolute atomic E-state index is 0.249. The van der Waals surface area contributed by atoms with Gasteiger partial charge in [-0.15, -0.1) is 5.10 Å². The molecule has 0 radical (unpaired) electrons. The van der Waals surface area contributed by atoms with Gasteiger partial charge in [0.15, 0.2) is 0 Å². The topological polar surface area (TPSA) is 63.0 Å². The predicted octanol–water partition coefficient (Wildman–Crippen LogP) is 2.97. The van der Waals surface area contributed by atoms with Crippen LogP contribution < -0.4 is 10.6 Å². The smallest absolute Gasteiger partial charge is 0.320 e. The number of benzene rings is 1. The second kappa shape index (κ2) is 5.26. The van der Waals surface area contributed by atoms with Crippen molar-refractivity contribution in [3.63, 3.8) is 0 Å². The zero-order valence-electron chi connectivity index (χ0n) is 9.99. The molecule has 1 fully saturated rings. The van der Waals surface area contributed by atoms with Crippen molar-refractivity contribution in [2.75, 3.05) is 5.32 Å². The first-order valence-corrected chi connectivity index (χ1v) is 6.78. The van der Waals surface area contributed by atoms with Crippen molar-refractivity contribution in [1.82, 2.24) is 15.5 Å². The summed E-state index contributed by atoms with van der Waals surface area (Å²) >= 11 is 3.32. The molecule has 1 aromatic carbocycles. The van der Waals surface area contributed by atoms with Crippen LogP contribution in [0.3, 0.4) is 0 Å². The van der Waals surface area contributed by atoms with Gasteiger partial charge in [-0.25, -0.2) is 4.39 Å². The van der Waals surface area contributed by atoms with E-state index in [-0.39, 0.29) is 11.8 Å². The van der Waals surface area contributed by atoms with Crippen LogP contribution in [0.2, 0.25) is 0 Å². The third-order valence-electron chi connectivity index (χ3n) is 2.76. The lowest BCUT2D eigenvalue weighted by Crippen LogP contribution is -2.15. The van der Waals surface area contributed by atoms with Crippen LogP contribution in [-0.4, -0.2) is 16.2 Å². The molecular weight excluding hydrogens is 315 g/mol. The van der Waals surface area contributed by atoms with E-state index >= 15 is 0 Å². The molecule has 0 atom stereocenters. The van der Waals surface area contributed by atoms with Crippen LogP contribution in [-0.2, 0) is 6.54 Å². The summed E-state index contributed by atoms with van der Waals surface area (Å²) in [5.74, 6) is 0.183. The van der Waals surface area contributed by atoms with Crippen molar-refractivity contribution in [2.45, 2.75) is 25.4 Å². The zero-order chi connectivity index (χ0) is 13.2. The molecule has 100 valence electrons. The van der Waals surface area contributed by atoms with E-state index in [4.69, 9.17) is 4.42 Å². The summed E-state index contributed by atoms with van der Waals surface area (Å²) in [7, 11) is 0. The van der Waals surface area contributed by atoms with Gasteiger partial charge in [0.05, 0.1) is 12.2 Å². The van der Waals surface area contributed by atoms with Crippen LogP contribution >= 0.6 is 15.9 Å². The van der Waals surface area contributed by atoms with E-state index in [1.165, 1.54) is 25.0 Å². The average molecular weight is 327 g/mol. The molecule has 1 aliphatic rings. The Morgan fingerprint density at radius 1 is 1.37 bits per heavy atom. The SMILES string of the molecule is Fc1ccc(Br)c(Nc2nnc(CNC3CC3)o2)c1. The number of aromatic nitrogens is 2. The first kappa shape index (κ1) is 12.6. The van der Waals surface area contributed by atoms with E-state index in [0.717, 1.165) is 4.47 Å². The normalized spacial score (nSPS) is 14.6. The van der Waals surface area contributed by atoms with E-state index in [1.807, 2.05) is 0 Å². The average Bonchev–Trinajstić information content (AvgIpc) is 3.12. The summed E-state index contributed by atoms with van der Waals surface area (Å²) in [4.78, 5) is 0.